The van der Waals surface area contributed by atoms with Crippen LogP contribution in [0.15, 0.2) is 18.3 Å². The Kier molecular flexibility index (Phi) is 2.32. The SMILES string of the molecule is CCOc1cccnc1NC1(C)CC1. The highest BCUT2D eigenvalue weighted by molar-refractivity contribution is 5.52. The molecular formula is C11H16N2O. The maximum Gasteiger partial charge on any atom is 0.169 e. The lowest BCUT2D eigenvalue weighted by atomic mass is 10.3. The van der Waals surface area contributed by atoms with Crippen molar-refractivity contribution in [3.63, 3.8) is 0 Å². The maximum absolute atomic E-state index is 5.49. The Morgan fingerprint density at radius 1 is 1.57 bits per heavy atom. The summed E-state index contributed by atoms with van der Waals surface area (Å²) in [6.07, 6.45) is 4.22. The molecule has 1 saturated carbocycles. The lowest BCUT2D eigenvalue weighted by Gasteiger charge is -2.15. The zero-order valence-electron chi connectivity index (χ0n) is 8.71. The van der Waals surface area contributed by atoms with Gasteiger partial charge < -0.3 is 10.1 Å². The van der Waals surface area contributed by atoms with E-state index < -0.39 is 0 Å². The van der Waals surface area contributed by atoms with Crippen LogP contribution in [-0.4, -0.2) is 17.1 Å². The third kappa shape index (κ3) is 1.97. The van der Waals surface area contributed by atoms with Gasteiger partial charge >= 0.3 is 0 Å². The summed E-state index contributed by atoms with van der Waals surface area (Å²) in [7, 11) is 0. The van der Waals surface area contributed by atoms with Crippen molar-refractivity contribution in [2.75, 3.05) is 11.9 Å². The van der Waals surface area contributed by atoms with Gasteiger partial charge in [-0.25, -0.2) is 4.98 Å². The van der Waals surface area contributed by atoms with Crippen molar-refractivity contribution in [1.29, 1.82) is 0 Å². The number of rotatable bonds is 4. The number of hydrogen-bond donors (Lipinski definition) is 1. The number of hydrogen-bond acceptors (Lipinski definition) is 3. The minimum absolute atomic E-state index is 0.250. The van der Waals surface area contributed by atoms with E-state index in [4.69, 9.17) is 4.74 Å². The van der Waals surface area contributed by atoms with E-state index in [2.05, 4.69) is 17.2 Å². The van der Waals surface area contributed by atoms with Crippen LogP contribution in [-0.2, 0) is 0 Å². The number of pyridine rings is 1. The topological polar surface area (TPSA) is 34.1 Å². The second-order valence-electron chi connectivity index (χ2n) is 3.97. The molecule has 0 spiro atoms. The number of aromatic nitrogens is 1. The van der Waals surface area contributed by atoms with Crippen LogP contribution in [0.3, 0.4) is 0 Å². The third-order valence-corrected chi connectivity index (χ3v) is 2.49. The van der Waals surface area contributed by atoms with Crippen molar-refractivity contribution < 1.29 is 4.74 Å². The van der Waals surface area contributed by atoms with Gasteiger partial charge in [-0.3, -0.25) is 0 Å². The summed E-state index contributed by atoms with van der Waals surface area (Å²) in [5.41, 5.74) is 0.250. The molecule has 0 amide bonds. The number of anilines is 1. The van der Waals surface area contributed by atoms with Crippen molar-refractivity contribution in [3.8, 4) is 5.75 Å². The van der Waals surface area contributed by atoms with Crippen molar-refractivity contribution in [1.82, 2.24) is 4.98 Å². The first-order chi connectivity index (χ1) is 6.73. The normalized spacial score (nSPS) is 17.6. The second-order valence-corrected chi connectivity index (χ2v) is 3.97. The Morgan fingerprint density at radius 2 is 2.36 bits per heavy atom. The molecule has 3 nitrogen and oxygen atoms in total. The molecule has 1 aliphatic rings. The van der Waals surface area contributed by atoms with Crippen molar-refractivity contribution in [2.45, 2.75) is 32.2 Å². The maximum atomic E-state index is 5.49. The van der Waals surface area contributed by atoms with Crippen LogP contribution >= 0.6 is 0 Å². The monoisotopic (exact) mass is 192 g/mol. The predicted molar refractivity (Wildman–Crippen MR) is 56.7 cm³/mol. The first kappa shape index (κ1) is 9.31. The fourth-order valence-corrected chi connectivity index (χ4v) is 1.35. The Morgan fingerprint density at radius 3 is 3.00 bits per heavy atom. The molecule has 0 saturated heterocycles. The van der Waals surface area contributed by atoms with E-state index in [-0.39, 0.29) is 5.54 Å². The molecule has 0 bridgehead atoms. The minimum Gasteiger partial charge on any atom is -0.490 e. The van der Waals surface area contributed by atoms with Crippen molar-refractivity contribution in [3.05, 3.63) is 18.3 Å². The summed E-state index contributed by atoms with van der Waals surface area (Å²) in [5, 5.41) is 3.41. The Balaban J connectivity index is 2.14. The van der Waals surface area contributed by atoms with Gasteiger partial charge in [0.25, 0.3) is 0 Å². The predicted octanol–water partition coefficient (Wildman–Crippen LogP) is 2.44. The van der Waals surface area contributed by atoms with Gasteiger partial charge in [-0.2, -0.15) is 0 Å². The summed E-state index contributed by atoms with van der Waals surface area (Å²) in [4.78, 5) is 4.29. The smallest absolute Gasteiger partial charge is 0.169 e. The van der Waals surface area contributed by atoms with Crippen LogP contribution in [0, 0.1) is 0 Å². The lowest BCUT2D eigenvalue weighted by Crippen LogP contribution is -2.17. The Bertz CT molecular complexity index is 321. The molecule has 14 heavy (non-hydrogen) atoms. The molecule has 1 fully saturated rings. The van der Waals surface area contributed by atoms with E-state index in [1.165, 1.54) is 12.8 Å². The van der Waals surface area contributed by atoms with Crippen LogP contribution in [0.5, 0.6) is 5.75 Å². The molecule has 2 rings (SSSR count). The van der Waals surface area contributed by atoms with E-state index in [1.807, 2.05) is 19.1 Å². The molecule has 1 heterocycles. The average Bonchev–Trinajstić information content (AvgIpc) is 2.88. The van der Waals surface area contributed by atoms with Gasteiger partial charge in [-0.15, -0.1) is 0 Å². The van der Waals surface area contributed by atoms with E-state index >= 15 is 0 Å². The van der Waals surface area contributed by atoms with Gasteiger partial charge in [0.15, 0.2) is 11.6 Å². The third-order valence-electron chi connectivity index (χ3n) is 2.49. The number of nitrogens with zero attached hydrogens (tertiary/aromatic N) is 1. The van der Waals surface area contributed by atoms with Crippen LogP contribution in [0.4, 0.5) is 5.82 Å². The van der Waals surface area contributed by atoms with Crippen LogP contribution < -0.4 is 10.1 Å². The molecule has 1 aromatic rings. The Labute approximate surface area is 84.5 Å². The highest BCUT2D eigenvalue weighted by atomic mass is 16.5. The van der Waals surface area contributed by atoms with Gasteiger partial charge in [0.1, 0.15) is 0 Å². The number of ether oxygens (including phenoxy) is 1. The average molecular weight is 192 g/mol. The van der Waals surface area contributed by atoms with Gasteiger partial charge in [-0.05, 0) is 38.8 Å². The van der Waals surface area contributed by atoms with Gasteiger partial charge in [0.2, 0.25) is 0 Å². The largest absolute Gasteiger partial charge is 0.490 e. The molecular weight excluding hydrogens is 176 g/mol. The summed E-state index contributed by atoms with van der Waals surface area (Å²) in [5.74, 6) is 1.72. The highest BCUT2D eigenvalue weighted by Crippen LogP contribution is 2.39. The zero-order chi connectivity index (χ0) is 10.0. The fraction of sp³-hybridized carbons (Fsp3) is 0.545. The van der Waals surface area contributed by atoms with Crippen LogP contribution in [0.25, 0.3) is 0 Å². The molecule has 0 aromatic carbocycles. The van der Waals surface area contributed by atoms with Crippen LogP contribution in [0.2, 0.25) is 0 Å². The molecule has 0 unspecified atom stereocenters. The van der Waals surface area contributed by atoms with Gasteiger partial charge in [0, 0.05) is 11.7 Å². The van der Waals surface area contributed by atoms with Crippen LogP contribution in [0.1, 0.15) is 26.7 Å². The molecule has 1 N–H and O–H groups in total. The first-order valence-corrected chi connectivity index (χ1v) is 5.09. The summed E-state index contributed by atoms with van der Waals surface area (Å²) < 4.78 is 5.49. The minimum atomic E-state index is 0.250. The first-order valence-electron chi connectivity index (χ1n) is 5.09. The standard InChI is InChI=1S/C11H16N2O/c1-3-14-9-5-4-8-12-10(9)13-11(2)6-7-11/h4-5,8H,3,6-7H2,1-2H3,(H,12,13). The molecule has 1 aromatic heterocycles. The zero-order valence-corrected chi connectivity index (χ0v) is 8.71. The molecule has 0 aliphatic heterocycles. The van der Waals surface area contributed by atoms with Crippen molar-refractivity contribution in [2.24, 2.45) is 0 Å². The van der Waals surface area contributed by atoms with E-state index in [0.717, 1.165) is 11.6 Å². The van der Waals surface area contributed by atoms with E-state index in [0.29, 0.717) is 6.61 Å². The Hall–Kier alpha value is -1.25. The van der Waals surface area contributed by atoms with E-state index in [1.54, 1.807) is 6.20 Å². The molecule has 3 heteroatoms. The quantitative estimate of drug-likeness (QED) is 0.795. The molecule has 1 aliphatic carbocycles. The van der Waals surface area contributed by atoms with Gasteiger partial charge in [-0.1, -0.05) is 0 Å². The van der Waals surface area contributed by atoms with Crippen molar-refractivity contribution >= 4 is 5.82 Å². The molecule has 76 valence electrons. The fourth-order valence-electron chi connectivity index (χ4n) is 1.35. The summed E-state index contributed by atoms with van der Waals surface area (Å²) in [6, 6.07) is 3.84. The summed E-state index contributed by atoms with van der Waals surface area (Å²) >= 11 is 0. The second kappa shape index (κ2) is 3.48. The summed E-state index contributed by atoms with van der Waals surface area (Å²) in [6.45, 7) is 4.87. The highest BCUT2D eigenvalue weighted by Gasteiger charge is 2.38. The van der Waals surface area contributed by atoms with E-state index in [9.17, 15) is 0 Å². The lowest BCUT2D eigenvalue weighted by molar-refractivity contribution is 0.340. The number of nitrogens with one attached hydrogen (secondary N) is 1. The molecule has 0 atom stereocenters. The molecule has 0 radical (unpaired) electrons. The van der Waals surface area contributed by atoms with Gasteiger partial charge in [0.05, 0.1) is 6.61 Å².